The van der Waals surface area contributed by atoms with Gasteiger partial charge in [0.2, 0.25) is 0 Å². The van der Waals surface area contributed by atoms with Gasteiger partial charge >= 0.3 is 0 Å². The Labute approximate surface area is 288 Å². The number of hydrogen-bond acceptors (Lipinski definition) is 1. The van der Waals surface area contributed by atoms with Crippen LogP contribution in [0.2, 0.25) is 0 Å². The molecule has 0 aromatic heterocycles. The van der Waals surface area contributed by atoms with Gasteiger partial charge < -0.3 is 4.90 Å². The summed E-state index contributed by atoms with van der Waals surface area (Å²) in [5.41, 5.74) is 12.5. The summed E-state index contributed by atoms with van der Waals surface area (Å²) >= 11 is 0. The maximum Gasteiger partial charge on any atom is 0.0540 e. The molecule has 49 heavy (non-hydrogen) atoms. The molecule has 4 fully saturated rings. The van der Waals surface area contributed by atoms with E-state index in [9.17, 15) is 0 Å². The highest BCUT2D eigenvalue weighted by atomic mass is 15.1. The SMILES string of the molecule is c1ccc(-c2ccc(N(c3ccc4c(c3)C3(c5ccccc5-4)C4CC5CC(C4)CC3C5)c3cccc4ccccc34)c3ccccc23)cc1. The predicted octanol–water partition coefficient (Wildman–Crippen LogP) is 12.9. The highest BCUT2D eigenvalue weighted by Crippen LogP contribution is 2.69. The predicted molar refractivity (Wildman–Crippen MR) is 205 cm³/mol. The Balaban J connectivity index is 1.18. The fraction of sp³-hybridized carbons (Fsp3) is 0.208. The fourth-order valence-corrected chi connectivity index (χ4v) is 11.4. The number of rotatable bonds is 4. The van der Waals surface area contributed by atoms with Crippen LogP contribution in [-0.2, 0) is 5.41 Å². The van der Waals surface area contributed by atoms with Crippen LogP contribution in [0.1, 0.15) is 43.2 Å². The van der Waals surface area contributed by atoms with Gasteiger partial charge in [-0.05, 0) is 124 Å². The maximum absolute atomic E-state index is 2.64. The Hall–Kier alpha value is -5.14. The average Bonchev–Trinajstić information content (AvgIpc) is 3.44. The zero-order valence-electron chi connectivity index (χ0n) is 27.7. The Morgan fingerprint density at radius 2 is 1.04 bits per heavy atom. The lowest BCUT2D eigenvalue weighted by atomic mass is 9.43. The van der Waals surface area contributed by atoms with E-state index in [2.05, 4.69) is 157 Å². The van der Waals surface area contributed by atoms with E-state index >= 15 is 0 Å². The van der Waals surface area contributed by atoms with E-state index < -0.39 is 0 Å². The van der Waals surface area contributed by atoms with E-state index in [0.29, 0.717) is 0 Å². The minimum atomic E-state index is 0.124. The number of anilines is 3. The fourth-order valence-electron chi connectivity index (χ4n) is 11.4. The molecule has 0 unspecified atom stereocenters. The molecule has 5 aliphatic carbocycles. The van der Waals surface area contributed by atoms with Crippen LogP contribution in [0.15, 0.2) is 152 Å². The molecule has 0 amide bonds. The first-order valence-corrected chi connectivity index (χ1v) is 18.4. The molecule has 0 atom stereocenters. The summed E-state index contributed by atoms with van der Waals surface area (Å²) in [4.78, 5) is 2.58. The van der Waals surface area contributed by atoms with Gasteiger partial charge in [0.05, 0.1) is 11.4 Å². The van der Waals surface area contributed by atoms with Crippen molar-refractivity contribution in [3.8, 4) is 22.3 Å². The number of hydrogen-bond donors (Lipinski definition) is 0. The van der Waals surface area contributed by atoms with Gasteiger partial charge in [-0.15, -0.1) is 0 Å². The maximum atomic E-state index is 2.64. The zero-order chi connectivity index (χ0) is 32.1. The van der Waals surface area contributed by atoms with Crippen molar-refractivity contribution >= 4 is 38.6 Å². The van der Waals surface area contributed by atoms with Crippen molar-refractivity contribution in [2.45, 2.75) is 37.5 Å². The van der Waals surface area contributed by atoms with Gasteiger partial charge in [-0.25, -0.2) is 0 Å². The lowest BCUT2D eigenvalue weighted by Crippen LogP contribution is -2.55. The second-order valence-corrected chi connectivity index (χ2v) is 15.3. The van der Waals surface area contributed by atoms with Crippen LogP contribution in [0.4, 0.5) is 17.1 Å². The number of nitrogens with zero attached hydrogens (tertiary/aromatic N) is 1. The highest BCUT2D eigenvalue weighted by molar-refractivity contribution is 6.09. The summed E-state index contributed by atoms with van der Waals surface area (Å²) in [7, 11) is 0. The molecular weight excluding hydrogens is 591 g/mol. The molecule has 1 heteroatoms. The molecule has 0 aliphatic heterocycles. The van der Waals surface area contributed by atoms with E-state index in [1.165, 1.54) is 93.0 Å². The quantitative estimate of drug-likeness (QED) is 0.187. The molecule has 236 valence electrons. The Morgan fingerprint density at radius 1 is 0.429 bits per heavy atom. The van der Waals surface area contributed by atoms with Crippen molar-refractivity contribution in [3.05, 3.63) is 163 Å². The molecule has 4 bridgehead atoms. The molecule has 12 rings (SSSR count). The van der Waals surface area contributed by atoms with Gasteiger partial charge in [0.25, 0.3) is 0 Å². The van der Waals surface area contributed by atoms with Crippen LogP contribution < -0.4 is 4.90 Å². The Morgan fingerprint density at radius 3 is 1.86 bits per heavy atom. The molecule has 1 nitrogen and oxygen atoms in total. The smallest absolute Gasteiger partial charge is 0.0540 e. The van der Waals surface area contributed by atoms with Crippen molar-refractivity contribution in [2.24, 2.45) is 23.7 Å². The normalized spacial score (nSPS) is 24.4. The van der Waals surface area contributed by atoms with Crippen molar-refractivity contribution in [2.75, 3.05) is 4.90 Å². The van der Waals surface area contributed by atoms with E-state index in [4.69, 9.17) is 0 Å². The first-order valence-electron chi connectivity index (χ1n) is 18.4. The molecule has 0 heterocycles. The third-order valence-corrected chi connectivity index (χ3v) is 13.0. The Kier molecular flexibility index (Phi) is 5.91. The van der Waals surface area contributed by atoms with Crippen molar-refractivity contribution in [1.29, 1.82) is 0 Å². The van der Waals surface area contributed by atoms with Crippen molar-refractivity contribution < 1.29 is 0 Å². The van der Waals surface area contributed by atoms with Gasteiger partial charge in [-0.1, -0.05) is 127 Å². The van der Waals surface area contributed by atoms with Crippen LogP contribution >= 0.6 is 0 Å². The first kappa shape index (κ1) is 27.8. The monoisotopic (exact) mass is 629 g/mol. The van der Waals surface area contributed by atoms with Crippen LogP contribution in [0.25, 0.3) is 43.8 Å². The van der Waals surface area contributed by atoms with E-state index in [1.54, 1.807) is 11.1 Å². The van der Waals surface area contributed by atoms with Crippen LogP contribution in [0.5, 0.6) is 0 Å². The highest BCUT2D eigenvalue weighted by Gasteiger charge is 2.61. The average molecular weight is 630 g/mol. The molecular formula is C48H39N. The topological polar surface area (TPSA) is 3.24 Å². The molecule has 4 saturated carbocycles. The first-order chi connectivity index (χ1) is 24.3. The molecule has 0 saturated heterocycles. The molecule has 7 aromatic carbocycles. The van der Waals surface area contributed by atoms with Crippen LogP contribution in [-0.4, -0.2) is 0 Å². The molecule has 1 spiro atoms. The van der Waals surface area contributed by atoms with Crippen molar-refractivity contribution in [1.82, 2.24) is 0 Å². The lowest BCUT2D eigenvalue weighted by molar-refractivity contribution is -0.0399. The molecule has 7 aromatic rings. The second-order valence-electron chi connectivity index (χ2n) is 15.3. The van der Waals surface area contributed by atoms with Crippen LogP contribution in [0.3, 0.4) is 0 Å². The summed E-state index contributed by atoms with van der Waals surface area (Å²) in [5.74, 6) is 3.32. The van der Waals surface area contributed by atoms with Crippen molar-refractivity contribution in [3.63, 3.8) is 0 Å². The summed E-state index contributed by atoms with van der Waals surface area (Å²) < 4.78 is 0. The minimum absolute atomic E-state index is 0.124. The van der Waals surface area contributed by atoms with Crippen LogP contribution in [0, 0.1) is 23.7 Å². The largest absolute Gasteiger partial charge is 0.309 e. The van der Waals surface area contributed by atoms with E-state index in [-0.39, 0.29) is 5.41 Å². The zero-order valence-corrected chi connectivity index (χ0v) is 27.7. The summed E-state index contributed by atoms with van der Waals surface area (Å²) in [5, 5.41) is 5.09. The summed E-state index contributed by atoms with van der Waals surface area (Å²) in [6, 6.07) is 57.2. The summed E-state index contributed by atoms with van der Waals surface area (Å²) in [6.07, 6.45) is 7.04. The number of fused-ring (bicyclic) bond motifs is 5. The molecule has 5 aliphatic rings. The van der Waals surface area contributed by atoms with Gasteiger partial charge in [-0.2, -0.15) is 0 Å². The lowest BCUT2D eigenvalue weighted by Gasteiger charge is -2.61. The molecule has 0 N–H and O–H groups in total. The number of benzene rings is 7. The molecule has 0 radical (unpaired) electrons. The van der Waals surface area contributed by atoms with Gasteiger partial charge in [0.1, 0.15) is 0 Å². The third-order valence-electron chi connectivity index (χ3n) is 13.0. The second kappa shape index (κ2) is 10.4. The Bertz CT molecular complexity index is 2390. The summed E-state index contributed by atoms with van der Waals surface area (Å²) in [6.45, 7) is 0. The van der Waals surface area contributed by atoms with E-state index in [0.717, 1.165) is 23.7 Å². The van der Waals surface area contributed by atoms with Gasteiger partial charge in [0, 0.05) is 21.9 Å². The van der Waals surface area contributed by atoms with Gasteiger partial charge in [0.15, 0.2) is 0 Å². The van der Waals surface area contributed by atoms with Gasteiger partial charge in [-0.3, -0.25) is 0 Å². The standard InChI is InChI=1S/C48H39N/c1-2-11-33(12-3-1)38-23-24-47(43-18-7-6-16-40(38)43)49(46-20-10-14-34-13-4-5-15-39(34)46)37-21-22-42-41-17-8-9-19-44(41)48(45(42)30-37)35-26-31-25-32(28-35)29-36(48)27-31/h1-24,30-32,35-36H,25-29H2. The van der Waals surface area contributed by atoms with E-state index in [1.807, 2.05) is 0 Å². The minimum Gasteiger partial charge on any atom is -0.309 e. The third kappa shape index (κ3) is 3.88.